The van der Waals surface area contributed by atoms with Crippen LogP contribution < -0.4 is 0 Å². The molecule has 0 saturated carbocycles. The van der Waals surface area contributed by atoms with E-state index in [2.05, 4.69) is 13.8 Å². The van der Waals surface area contributed by atoms with Gasteiger partial charge >= 0.3 is 0 Å². The molecule has 84 valence electrons. The summed E-state index contributed by atoms with van der Waals surface area (Å²) >= 11 is 3.63. The first kappa shape index (κ1) is 12.9. The van der Waals surface area contributed by atoms with Crippen molar-refractivity contribution in [1.29, 1.82) is 0 Å². The molecule has 0 fully saturated rings. The molecule has 1 N–H and O–H groups in total. The van der Waals surface area contributed by atoms with Gasteiger partial charge in [-0.15, -0.1) is 23.5 Å². The van der Waals surface area contributed by atoms with Crippen LogP contribution in [0.5, 0.6) is 0 Å². The third-order valence-corrected chi connectivity index (χ3v) is 4.72. The van der Waals surface area contributed by atoms with E-state index in [0.717, 1.165) is 17.1 Å². The van der Waals surface area contributed by atoms with E-state index in [1.807, 2.05) is 53.9 Å². The van der Waals surface area contributed by atoms with Crippen LogP contribution in [-0.2, 0) is 0 Å². The summed E-state index contributed by atoms with van der Waals surface area (Å²) in [6.45, 7) is 4.26. The second-order valence-corrected chi connectivity index (χ2v) is 6.27. The molecule has 0 bridgehead atoms. The first-order valence-electron chi connectivity index (χ1n) is 5.25. The molecule has 1 nitrogen and oxygen atoms in total. The third kappa shape index (κ3) is 4.09. The fourth-order valence-electron chi connectivity index (χ4n) is 1.37. The van der Waals surface area contributed by atoms with Crippen LogP contribution in [0.15, 0.2) is 30.3 Å². The summed E-state index contributed by atoms with van der Waals surface area (Å²) in [6, 6.07) is 9.91. The molecular weight excluding hydrogens is 224 g/mol. The van der Waals surface area contributed by atoms with E-state index in [9.17, 15) is 5.11 Å². The lowest BCUT2D eigenvalue weighted by molar-refractivity contribution is 0.196. The third-order valence-electron chi connectivity index (χ3n) is 2.06. The molecule has 1 rings (SSSR count). The van der Waals surface area contributed by atoms with Gasteiger partial charge in [0.05, 0.1) is 10.7 Å². The van der Waals surface area contributed by atoms with E-state index in [1.54, 1.807) is 0 Å². The highest BCUT2D eigenvalue weighted by Gasteiger charge is 2.20. The molecule has 1 aromatic carbocycles. The lowest BCUT2D eigenvalue weighted by atomic mass is 10.1. The molecule has 1 aromatic rings. The molecule has 0 spiro atoms. The molecule has 1 unspecified atom stereocenters. The number of aliphatic hydroxyl groups is 1. The van der Waals surface area contributed by atoms with Crippen molar-refractivity contribution in [2.75, 3.05) is 11.5 Å². The molecule has 0 aliphatic carbocycles. The highest BCUT2D eigenvalue weighted by atomic mass is 32.2. The molecular formula is C12H18OS2. The average molecular weight is 242 g/mol. The van der Waals surface area contributed by atoms with Crippen LogP contribution in [0.1, 0.15) is 25.5 Å². The standard InChI is InChI=1S/C12H18OS2/c1-3-14-12(15-4-2)11(13)10-8-6-5-7-9-10/h5-9,11-13H,3-4H2,1-2H3. The van der Waals surface area contributed by atoms with Gasteiger partial charge in [-0.3, -0.25) is 0 Å². The zero-order valence-electron chi connectivity index (χ0n) is 9.22. The second-order valence-electron chi connectivity index (χ2n) is 3.13. The van der Waals surface area contributed by atoms with Crippen LogP contribution in [-0.4, -0.2) is 21.2 Å². The van der Waals surface area contributed by atoms with Crippen LogP contribution in [0.25, 0.3) is 0 Å². The number of hydrogen-bond donors (Lipinski definition) is 1. The van der Waals surface area contributed by atoms with Gasteiger partial charge < -0.3 is 5.11 Å². The first-order chi connectivity index (χ1) is 7.29. The van der Waals surface area contributed by atoms with Crippen molar-refractivity contribution in [3.05, 3.63) is 35.9 Å². The number of rotatable bonds is 6. The fraction of sp³-hybridized carbons (Fsp3) is 0.500. The predicted molar refractivity (Wildman–Crippen MR) is 71.5 cm³/mol. The van der Waals surface area contributed by atoms with Gasteiger partial charge in [0.15, 0.2) is 0 Å². The lowest BCUT2D eigenvalue weighted by Gasteiger charge is -2.21. The monoisotopic (exact) mass is 242 g/mol. The topological polar surface area (TPSA) is 20.2 Å². The van der Waals surface area contributed by atoms with E-state index in [4.69, 9.17) is 0 Å². The minimum atomic E-state index is -0.360. The Morgan fingerprint density at radius 2 is 1.60 bits per heavy atom. The van der Waals surface area contributed by atoms with Crippen LogP contribution in [0.3, 0.4) is 0 Å². The minimum absolute atomic E-state index is 0.252. The van der Waals surface area contributed by atoms with Crippen LogP contribution in [0.2, 0.25) is 0 Å². The van der Waals surface area contributed by atoms with Crippen molar-refractivity contribution in [2.24, 2.45) is 0 Å². The van der Waals surface area contributed by atoms with Gasteiger partial charge in [0, 0.05) is 0 Å². The Hall–Kier alpha value is -0.120. The zero-order valence-corrected chi connectivity index (χ0v) is 10.9. The van der Waals surface area contributed by atoms with Crippen molar-refractivity contribution >= 4 is 23.5 Å². The van der Waals surface area contributed by atoms with Crippen molar-refractivity contribution in [3.63, 3.8) is 0 Å². The number of benzene rings is 1. The Labute approximate surface area is 101 Å². The largest absolute Gasteiger partial charge is 0.386 e. The molecule has 15 heavy (non-hydrogen) atoms. The maximum Gasteiger partial charge on any atom is 0.1000 e. The highest BCUT2D eigenvalue weighted by molar-refractivity contribution is 8.17. The number of thioether (sulfide) groups is 2. The van der Waals surface area contributed by atoms with Gasteiger partial charge in [-0.2, -0.15) is 0 Å². The molecule has 3 heteroatoms. The summed E-state index contributed by atoms with van der Waals surface area (Å²) < 4.78 is 0.252. The van der Waals surface area contributed by atoms with Crippen molar-refractivity contribution < 1.29 is 5.11 Å². The number of aliphatic hydroxyl groups excluding tert-OH is 1. The lowest BCUT2D eigenvalue weighted by Crippen LogP contribution is -2.12. The molecule has 0 aliphatic heterocycles. The molecule has 1 atom stereocenters. The molecule has 0 heterocycles. The SMILES string of the molecule is CCSC(SCC)C(O)c1ccccc1. The van der Waals surface area contributed by atoms with Crippen molar-refractivity contribution in [3.8, 4) is 0 Å². The molecule has 0 saturated heterocycles. The maximum atomic E-state index is 10.2. The van der Waals surface area contributed by atoms with Gasteiger partial charge in [0.25, 0.3) is 0 Å². The van der Waals surface area contributed by atoms with Gasteiger partial charge in [-0.05, 0) is 17.1 Å². The minimum Gasteiger partial charge on any atom is -0.386 e. The van der Waals surface area contributed by atoms with E-state index in [1.165, 1.54) is 0 Å². The van der Waals surface area contributed by atoms with Gasteiger partial charge in [0.1, 0.15) is 0 Å². The van der Waals surface area contributed by atoms with Crippen LogP contribution in [0, 0.1) is 0 Å². The van der Waals surface area contributed by atoms with E-state index in [0.29, 0.717) is 0 Å². The smallest absolute Gasteiger partial charge is 0.1000 e. The molecule has 0 aromatic heterocycles. The van der Waals surface area contributed by atoms with Crippen molar-refractivity contribution in [2.45, 2.75) is 24.5 Å². The Balaban J connectivity index is 2.67. The highest BCUT2D eigenvalue weighted by Crippen LogP contribution is 2.34. The molecule has 0 amide bonds. The van der Waals surface area contributed by atoms with Gasteiger partial charge in [-0.25, -0.2) is 0 Å². The Bertz CT molecular complexity index is 258. The normalized spacial score (nSPS) is 13.1. The quantitative estimate of drug-likeness (QED) is 0.770. The van der Waals surface area contributed by atoms with E-state index < -0.39 is 0 Å². The summed E-state index contributed by atoms with van der Waals surface area (Å²) in [4.78, 5) is 0. The summed E-state index contributed by atoms with van der Waals surface area (Å²) in [6.07, 6.45) is -0.360. The van der Waals surface area contributed by atoms with Gasteiger partial charge in [0.2, 0.25) is 0 Å². The van der Waals surface area contributed by atoms with Crippen LogP contribution in [0.4, 0.5) is 0 Å². The Morgan fingerprint density at radius 1 is 1.07 bits per heavy atom. The van der Waals surface area contributed by atoms with E-state index >= 15 is 0 Å². The second kappa shape index (κ2) is 7.20. The summed E-state index contributed by atoms with van der Waals surface area (Å²) in [5.74, 6) is 2.09. The Morgan fingerprint density at radius 3 is 2.07 bits per heavy atom. The zero-order chi connectivity index (χ0) is 11.1. The van der Waals surface area contributed by atoms with E-state index in [-0.39, 0.29) is 10.7 Å². The molecule has 0 aliphatic rings. The maximum absolute atomic E-state index is 10.2. The van der Waals surface area contributed by atoms with Crippen molar-refractivity contribution in [1.82, 2.24) is 0 Å². The summed E-state index contributed by atoms with van der Waals surface area (Å²) in [5, 5.41) is 10.2. The van der Waals surface area contributed by atoms with Crippen LogP contribution >= 0.6 is 23.5 Å². The van der Waals surface area contributed by atoms with Gasteiger partial charge in [-0.1, -0.05) is 44.2 Å². The average Bonchev–Trinajstić information content (AvgIpc) is 2.29. The predicted octanol–water partition coefficient (Wildman–Crippen LogP) is 3.55. The molecule has 0 radical (unpaired) electrons. The summed E-state index contributed by atoms with van der Waals surface area (Å²) in [7, 11) is 0. The Kier molecular flexibility index (Phi) is 6.22. The first-order valence-corrected chi connectivity index (χ1v) is 7.35. The number of hydrogen-bond acceptors (Lipinski definition) is 3. The summed E-state index contributed by atoms with van der Waals surface area (Å²) in [5.41, 5.74) is 1.02. The fourth-order valence-corrected chi connectivity index (χ4v) is 3.90.